The van der Waals surface area contributed by atoms with E-state index in [9.17, 15) is 4.79 Å². The Hall–Kier alpha value is -0.610. The van der Waals surface area contributed by atoms with Crippen molar-refractivity contribution in [3.63, 3.8) is 0 Å². The van der Waals surface area contributed by atoms with Crippen LogP contribution in [0.1, 0.15) is 53.9 Å². The van der Waals surface area contributed by atoms with Crippen LogP contribution in [0.5, 0.6) is 0 Å². The van der Waals surface area contributed by atoms with Crippen LogP contribution in [-0.2, 0) is 14.3 Å². The topological polar surface area (TPSA) is 47.6 Å². The molecule has 0 aromatic rings. The molecule has 0 bridgehead atoms. The third-order valence-electron chi connectivity index (χ3n) is 2.81. The molecule has 0 radical (unpaired) electrons. The molecular weight excluding hydrogens is 230 g/mol. The van der Waals surface area contributed by atoms with Crippen molar-refractivity contribution < 1.29 is 14.3 Å². The quantitative estimate of drug-likeness (QED) is 0.656. The SMILES string of the molecule is CCOC(C)CCC(=O)NCCC(C)(C)OCC. The van der Waals surface area contributed by atoms with E-state index in [0.29, 0.717) is 26.2 Å². The molecule has 0 fully saturated rings. The highest BCUT2D eigenvalue weighted by atomic mass is 16.5. The van der Waals surface area contributed by atoms with E-state index in [0.717, 1.165) is 12.8 Å². The maximum Gasteiger partial charge on any atom is 0.220 e. The van der Waals surface area contributed by atoms with E-state index >= 15 is 0 Å². The predicted molar refractivity (Wildman–Crippen MR) is 73.7 cm³/mol. The summed E-state index contributed by atoms with van der Waals surface area (Å²) in [6, 6.07) is 0. The lowest BCUT2D eigenvalue weighted by Crippen LogP contribution is -2.33. The number of hydrogen-bond acceptors (Lipinski definition) is 3. The number of nitrogens with one attached hydrogen (secondary N) is 1. The van der Waals surface area contributed by atoms with Crippen LogP contribution < -0.4 is 5.32 Å². The van der Waals surface area contributed by atoms with Crippen molar-refractivity contribution in [2.24, 2.45) is 0 Å². The van der Waals surface area contributed by atoms with Gasteiger partial charge in [0, 0.05) is 26.2 Å². The summed E-state index contributed by atoms with van der Waals surface area (Å²) in [5.41, 5.74) is -0.166. The Kier molecular flexibility index (Phi) is 9.02. The molecule has 0 aliphatic carbocycles. The van der Waals surface area contributed by atoms with Gasteiger partial charge < -0.3 is 14.8 Å². The Labute approximate surface area is 111 Å². The normalized spacial score (nSPS) is 13.4. The standard InChI is InChI=1S/C14H29NO3/c1-6-17-12(3)8-9-13(16)15-11-10-14(4,5)18-7-2/h12H,6-11H2,1-5H3,(H,15,16). The van der Waals surface area contributed by atoms with Crippen LogP contribution >= 0.6 is 0 Å². The molecule has 1 unspecified atom stereocenters. The zero-order valence-corrected chi connectivity index (χ0v) is 12.5. The van der Waals surface area contributed by atoms with Crippen molar-refractivity contribution in [3.8, 4) is 0 Å². The van der Waals surface area contributed by atoms with Gasteiger partial charge in [-0.15, -0.1) is 0 Å². The molecule has 1 N–H and O–H groups in total. The van der Waals surface area contributed by atoms with Gasteiger partial charge in [0.05, 0.1) is 11.7 Å². The minimum atomic E-state index is -0.166. The van der Waals surface area contributed by atoms with E-state index < -0.39 is 0 Å². The average Bonchev–Trinajstić information content (AvgIpc) is 2.26. The maximum atomic E-state index is 11.6. The van der Waals surface area contributed by atoms with Crippen molar-refractivity contribution in [3.05, 3.63) is 0 Å². The number of hydrogen-bond donors (Lipinski definition) is 1. The lowest BCUT2D eigenvalue weighted by Gasteiger charge is -2.24. The first-order valence-corrected chi connectivity index (χ1v) is 6.93. The lowest BCUT2D eigenvalue weighted by molar-refractivity contribution is -0.122. The minimum absolute atomic E-state index is 0.0915. The summed E-state index contributed by atoms with van der Waals surface area (Å²) in [5, 5.41) is 2.92. The van der Waals surface area contributed by atoms with Gasteiger partial charge in [-0.2, -0.15) is 0 Å². The Bertz CT molecular complexity index is 229. The summed E-state index contributed by atoms with van der Waals surface area (Å²) in [6.07, 6.45) is 2.28. The van der Waals surface area contributed by atoms with Crippen molar-refractivity contribution in [1.82, 2.24) is 5.32 Å². The second kappa shape index (κ2) is 9.34. The van der Waals surface area contributed by atoms with Crippen LogP contribution in [0.4, 0.5) is 0 Å². The molecule has 0 heterocycles. The van der Waals surface area contributed by atoms with Crippen LogP contribution in [0.3, 0.4) is 0 Å². The Morgan fingerprint density at radius 1 is 1.28 bits per heavy atom. The molecule has 0 saturated carbocycles. The lowest BCUT2D eigenvalue weighted by atomic mass is 10.1. The third kappa shape index (κ3) is 9.42. The van der Waals surface area contributed by atoms with E-state index in [1.807, 2.05) is 34.6 Å². The molecule has 1 amide bonds. The van der Waals surface area contributed by atoms with E-state index in [-0.39, 0.29) is 17.6 Å². The largest absolute Gasteiger partial charge is 0.379 e. The first-order chi connectivity index (χ1) is 8.41. The molecule has 108 valence electrons. The number of ether oxygens (including phenoxy) is 2. The minimum Gasteiger partial charge on any atom is -0.379 e. The molecule has 0 saturated heterocycles. The molecule has 4 heteroatoms. The Morgan fingerprint density at radius 3 is 2.50 bits per heavy atom. The molecule has 0 aromatic carbocycles. The van der Waals surface area contributed by atoms with E-state index in [4.69, 9.17) is 9.47 Å². The van der Waals surface area contributed by atoms with Gasteiger partial charge in [-0.25, -0.2) is 0 Å². The van der Waals surface area contributed by atoms with Crippen LogP contribution in [0.25, 0.3) is 0 Å². The number of carbonyl (C=O) groups excluding carboxylic acids is 1. The maximum absolute atomic E-state index is 11.6. The highest BCUT2D eigenvalue weighted by molar-refractivity contribution is 5.75. The fraction of sp³-hybridized carbons (Fsp3) is 0.929. The van der Waals surface area contributed by atoms with Gasteiger partial charge in [0.2, 0.25) is 5.91 Å². The van der Waals surface area contributed by atoms with Crippen molar-refractivity contribution >= 4 is 5.91 Å². The second-order valence-electron chi connectivity index (χ2n) is 5.10. The highest BCUT2D eigenvalue weighted by Crippen LogP contribution is 2.13. The summed E-state index contributed by atoms with van der Waals surface area (Å²) >= 11 is 0. The molecule has 0 aliphatic heterocycles. The van der Waals surface area contributed by atoms with E-state index in [1.165, 1.54) is 0 Å². The second-order valence-corrected chi connectivity index (χ2v) is 5.10. The predicted octanol–water partition coefficient (Wildman–Crippen LogP) is 2.51. The van der Waals surface area contributed by atoms with Gasteiger partial charge in [0.25, 0.3) is 0 Å². The highest BCUT2D eigenvalue weighted by Gasteiger charge is 2.17. The number of carbonyl (C=O) groups is 1. The molecule has 4 nitrogen and oxygen atoms in total. The van der Waals surface area contributed by atoms with E-state index in [2.05, 4.69) is 5.32 Å². The summed E-state index contributed by atoms with van der Waals surface area (Å²) in [7, 11) is 0. The van der Waals surface area contributed by atoms with E-state index in [1.54, 1.807) is 0 Å². The first-order valence-electron chi connectivity index (χ1n) is 6.93. The molecule has 18 heavy (non-hydrogen) atoms. The zero-order valence-electron chi connectivity index (χ0n) is 12.5. The van der Waals surface area contributed by atoms with Gasteiger partial charge in [-0.3, -0.25) is 4.79 Å². The summed E-state index contributed by atoms with van der Waals surface area (Å²) in [6.45, 7) is 12.1. The number of rotatable bonds is 10. The summed E-state index contributed by atoms with van der Waals surface area (Å²) in [5.74, 6) is 0.0915. The fourth-order valence-corrected chi connectivity index (χ4v) is 1.76. The molecule has 0 aromatic heterocycles. The van der Waals surface area contributed by atoms with Gasteiger partial charge in [0.15, 0.2) is 0 Å². The molecule has 0 aliphatic rings. The van der Waals surface area contributed by atoms with Crippen molar-refractivity contribution in [2.75, 3.05) is 19.8 Å². The molecular formula is C14H29NO3. The van der Waals surface area contributed by atoms with Crippen LogP contribution in [-0.4, -0.2) is 37.4 Å². The average molecular weight is 259 g/mol. The smallest absolute Gasteiger partial charge is 0.220 e. The van der Waals surface area contributed by atoms with Gasteiger partial charge in [0.1, 0.15) is 0 Å². The van der Waals surface area contributed by atoms with Crippen molar-refractivity contribution in [2.45, 2.75) is 65.6 Å². The van der Waals surface area contributed by atoms with Crippen LogP contribution in [0, 0.1) is 0 Å². The number of amides is 1. The van der Waals surface area contributed by atoms with Gasteiger partial charge >= 0.3 is 0 Å². The molecule has 1 atom stereocenters. The monoisotopic (exact) mass is 259 g/mol. The molecule has 0 rings (SSSR count). The van der Waals surface area contributed by atoms with Gasteiger partial charge in [-0.1, -0.05) is 0 Å². The summed E-state index contributed by atoms with van der Waals surface area (Å²) < 4.78 is 11.0. The van der Waals surface area contributed by atoms with Crippen LogP contribution in [0.15, 0.2) is 0 Å². The zero-order chi connectivity index (χ0) is 14.0. The Balaban J connectivity index is 3.65. The fourth-order valence-electron chi connectivity index (χ4n) is 1.76. The van der Waals surface area contributed by atoms with Gasteiger partial charge in [-0.05, 0) is 47.5 Å². The third-order valence-corrected chi connectivity index (χ3v) is 2.81. The first kappa shape index (κ1) is 17.4. The van der Waals surface area contributed by atoms with Crippen molar-refractivity contribution in [1.29, 1.82) is 0 Å². The summed E-state index contributed by atoms with van der Waals surface area (Å²) in [4.78, 5) is 11.6. The molecule has 0 spiro atoms. The van der Waals surface area contributed by atoms with Crippen LogP contribution in [0.2, 0.25) is 0 Å². The Morgan fingerprint density at radius 2 is 1.94 bits per heavy atom.